The number of hydrogen-bond donors (Lipinski definition) is 2. The Hall–Kier alpha value is -1.84. The number of methoxy groups -OCH3 is 1. The molecule has 0 bridgehead atoms. The molecule has 0 aliphatic heterocycles. The molecule has 0 aliphatic carbocycles. The van der Waals surface area contributed by atoms with Crippen LogP contribution in [0.2, 0.25) is 0 Å². The Balaban J connectivity index is 2.81. The van der Waals surface area contributed by atoms with Gasteiger partial charge in [-0.3, -0.25) is 10.7 Å². The largest absolute Gasteiger partial charge is 0.453 e. The molecule has 1 amide bonds. The third-order valence-corrected chi connectivity index (χ3v) is 2.45. The summed E-state index contributed by atoms with van der Waals surface area (Å²) in [5.74, 6) is 0.0392. The van der Waals surface area contributed by atoms with Crippen molar-refractivity contribution in [1.82, 2.24) is 5.32 Å². The number of amides is 1. The number of benzene rings is 1. The van der Waals surface area contributed by atoms with E-state index in [2.05, 4.69) is 30.8 Å². The van der Waals surface area contributed by atoms with Gasteiger partial charge < -0.3 is 4.74 Å². The fourth-order valence-electron chi connectivity index (χ4n) is 1.36. The molecular weight excluding hydrogens is 216 g/mol. The molecule has 1 rings (SSSR count). The smallest absolute Gasteiger partial charge is 0.412 e. The summed E-state index contributed by atoms with van der Waals surface area (Å²) in [6.45, 7) is 6.38. The lowest BCUT2D eigenvalue weighted by molar-refractivity contribution is 0.177. The second kappa shape index (κ2) is 4.99. The first-order valence-electron chi connectivity index (χ1n) is 5.39. The van der Waals surface area contributed by atoms with Crippen molar-refractivity contribution in [3.63, 3.8) is 0 Å². The first-order valence-corrected chi connectivity index (χ1v) is 5.39. The van der Waals surface area contributed by atoms with Gasteiger partial charge in [-0.05, 0) is 11.0 Å². The minimum absolute atomic E-state index is 0.0392. The first-order chi connectivity index (χ1) is 7.84. The van der Waals surface area contributed by atoms with Crippen LogP contribution in [0, 0.1) is 5.41 Å². The van der Waals surface area contributed by atoms with E-state index in [9.17, 15) is 4.79 Å². The highest BCUT2D eigenvalue weighted by molar-refractivity contribution is 6.04. The Kier molecular flexibility index (Phi) is 3.89. The number of carbonyl (C=O) groups excluding carboxylic acids is 1. The SMILES string of the molecule is COC(=O)NC(=N)c1ccc(C(C)(C)C)cc1. The number of ether oxygens (including phenoxy) is 1. The van der Waals surface area contributed by atoms with E-state index in [1.165, 1.54) is 12.7 Å². The summed E-state index contributed by atoms with van der Waals surface area (Å²) >= 11 is 0. The van der Waals surface area contributed by atoms with Crippen LogP contribution in [0.5, 0.6) is 0 Å². The number of alkyl carbamates (subject to hydrolysis) is 1. The van der Waals surface area contributed by atoms with Crippen LogP contribution < -0.4 is 5.32 Å². The normalized spacial score (nSPS) is 10.8. The van der Waals surface area contributed by atoms with Gasteiger partial charge in [0.1, 0.15) is 5.84 Å². The molecule has 1 aromatic rings. The first kappa shape index (κ1) is 13.2. The average molecular weight is 234 g/mol. The van der Waals surface area contributed by atoms with Gasteiger partial charge in [-0.1, -0.05) is 45.0 Å². The monoisotopic (exact) mass is 234 g/mol. The summed E-state index contributed by atoms with van der Waals surface area (Å²) in [4.78, 5) is 10.9. The van der Waals surface area contributed by atoms with Crippen LogP contribution in [-0.4, -0.2) is 19.0 Å². The maximum Gasteiger partial charge on any atom is 0.412 e. The number of hydrogen-bond acceptors (Lipinski definition) is 3. The molecule has 0 heterocycles. The van der Waals surface area contributed by atoms with E-state index in [-0.39, 0.29) is 11.3 Å². The van der Waals surface area contributed by atoms with Crippen LogP contribution in [0.3, 0.4) is 0 Å². The molecule has 92 valence electrons. The lowest BCUT2D eigenvalue weighted by Gasteiger charge is -2.19. The second-order valence-electron chi connectivity index (χ2n) is 4.82. The summed E-state index contributed by atoms with van der Waals surface area (Å²) in [5.41, 5.74) is 1.92. The topological polar surface area (TPSA) is 62.2 Å². The minimum atomic E-state index is -0.630. The van der Waals surface area contributed by atoms with Gasteiger partial charge in [0.15, 0.2) is 0 Å². The highest BCUT2D eigenvalue weighted by Crippen LogP contribution is 2.22. The van der Waals surface area contributed by atoms with Crippen molar-refractivity contribution < 1.29 is 9.53 Å². The molecule has 0 aromatic heterocycles. The van der Waals surface area contributed by atoms with Crippen LogP contribution in [0.4, 0.5) is 4.79 Å². The van der Waals surface area contributed by atoms with Crippen LogP contribution in [0.1, 0.15) is 31.9 Å². The van der Waals surface area contributed by atoms with E-state index in [1.807, 2.05) is 24.3 Å². The molecule has 0 unspecified atom stereocenters. The number of amidine groups is 1. The van der Waals surface area contributed by atoms with Gasteiger partial charge in [0.25, 0.3) is 0 Å². The van der Waals surface area contributed by atoms with Gasteiger partial charge in [-0.15, -0.1) is 0 Å². The van der Waals surface area contributed by atoms with Crippen LogP contribution in [0.15, 0.2) is 24.3 Å². The lowest BCUT2D eigenvalue weighted by atomic mass is 9.86. The predicted molar refractivity (Wildman–Crippen MR) is 67.5 cm³/mol. The van der Waals surface area contributed by atoms with Gasteiger partial charge in [-0.2, -0.15) is 0 Å². The Bertz CT molecular complexity index is 416. The van der Waals surface area contributed by atoms with Gasteiger partial charge in [0.2, 0.25) is 0 Å². The maximum atomic E-state index is 10.9. The molecule has 0 fully saturated rings. The van der Waals surface area contributed by atoms with Crippen molar-refractivity contribution in [1.29, 1.82) is 5.41 Å². The molecule has 0 atom stereocenters. The standard InChI is InChI=1S/C13H18N2O2/c1-13(2,3)10-7-5-9(6-8-10)11(14)15-12(16)17-4/h5-8H,1-4H3,(H2,14,15,16). The average Bonchev–Trinajstić information content (AvgIpc) is 2.27. The molecule has 0 saturated heterocycles. The van der Waals surface area contributed by atoms with Gasteiger partial charge in [0.05, 0.1) is 7.11 Å². The quantitative estimate of drug-likeness (QED) is 0.579. The van der Waals surface area contributed by atoms with E-state index in [1.54, 1.807) is 0 Å². The summed E-state index contributed by atoms with van der Waals surface area (Å²) in [6.07, 6.45) is -0.630. The molecule has 0 aliphatic rings. The molecule has 0 saturated carbocycles. The molecule has 4 heteroatoms. The fraction of sp³-hybridized carbons (Fsp3) is 0.385. The fourth-order valence-corrected chi connectivity index (χ4v) is 1.36. The van der Waals surface area contributed by atoms with Crippen molar-refractivity contribution in [2.45, 2.75) is 26.2 Å². The Morgan fingerprint density at radius 3 is 2.18 bits per heavy atom. The van der Waals surface area contributed by atoms with Crippen molar-refractivity contribution in [3.05, 3.63) is 35.4 Å². The Morgan fingerprint density at radius 2 is 1.76 bits per heavy atom. The van der Waals surface area contributed by atoms with E-state index in [0.29, 0.717) is 5.56 Å². The third kappa shape index (κ3) is 3.59. The zero-order valence-electron chi connectivity index (χ0n) is 10.6. The Morgan fingerprint density at radius 1 is 1.24 bits per heavy atom. The van der Waals surface area contributed by atoms with E-state index >= 15 is 0 Å². The van der Waals surface area contributed by atoms with Crippen LogP contribution in [0.25, 0.3) is 0 Å². The summed E-state index contributed by atoms with van der Waals surface area (Å²) in [7, 11) is 1.27. The number of nitrogens with one attached hydrogen (secondary N) is 2. The third-order valence-electron chi connectivity index (χ3n) is 2.45. The molecule has 1 aromatic carbocycles. The predicted octanol–water partition coefficient (Wildman–Crippen LogP) is 2.67. The van der Waals surface area contributed by atoms with Crippen molar-refractivity contribution in [3.8, 4) is 0 Å². The van der Waals surface area contributed by atoms with E-state index in [0.717, 1.165) is 0 Å². The van der Waals surface area contributed by atoms with Gasteiger partial charge in [0, 0.05) is 5.56 Å². The highest BCUT2D eigenvalue weighted by Gasteiger charge is 2.14. The van der Waals surface area contributed by atoms with Crippen LogP contribution in [-0.2, 0) is 10.2 Å². The molecule has 17 heavy (non-hydrogen) atoms. The van der Waals surface area contributed by atoms with Crippen molar-refractivity contribution >= 4 is 11.9 Å². The van der Waals surface area contributed by atoms with Crippen LogP contribution >= 0.6 is 0 Å². The molecule has 2 N–H and O–H groups in total. The number of carbonyl (C=O) groups is 1. The number of rotatable bonds is 1. The molecular formula is C13H18N2O2. The summed E-state index contributed by atoms with van der Waals surface area (Å²) < 4.78 is 4.43. The zero-order chi connectivity index (χ0) is 13.1. The van der Waals surface area contributed by atoms with Crippen molar-refractivity contribution in [2.75, 3.05) is 7.11 Å². The second-order valence-corrected chi connectivity index (χ2v) is 4.82. The zero-order valence-corrected chi connectivity index (χ0v) is 10.6. The molecule has 4 nitrogen and oxygen atoms in total. The lowest BCUT2D eigenvalue weighted by Crippen LogP contribution is -2.30. The van der Waals surface area contributed by atoms with Gasteiger partial charge >= 0.3 is 6.09 Å². The van der Waals surface area contributed by atoms with Crippen molar-refractivity contribution in [2.24, 2.45) is 0 Å². The van der Waals surface area contributed by atoms with Gasteiger partial charge in [-0.25, -0.2) is 4.79 Å². The summed E-state index contributed by atoms with van der Waals surface area (Å²) in [6, 6.07) is 7.56. The minimum Gasteiger partial charge on any atom is -0.453 e. The van der Waals surface area contributed by atoms with E-state index in [4.69, 9.17) is 5.41 Å². The Labute approximate surface area is 101 Å². The maximum absolute atomic E-state index is 10.9. The molecule has 0 spiro atoms. The highest BCUT2D eigenvalue weighted by atomic mass is 16.5. The van der Waals surface area contributed by atoms with E-state index < -0.39 is 6.09 Å². The summed E-state index contributed by atoms with van der Waals surface area (Å²) in [5, 5.41) is 10.0. The molecule has 0 radical (unpaired) electrons.